The van der Waals surface area contributed by atoms with Crippen LogP contribution in [0.4, 0.5) is 0 Å². The van der Waals surface area contributed by atoms with Gasteiger partial charge in [-0.2, -0.15) is 0 Å². The molecule has 0 unspecified atom stereocenters. The van der Waals surface area contributed by atoms with E-state index < -0.39 is 0 Å². The smallest absolute Gasteiger partial charge is 0.0637 e. The lowest BCUT2D eigenvalue weighted by atomic mass is 9.99. The molecule has 2 atom stereocenters. The molecule has 0 spiro atoms. The van der Waals surface area contributed by atoms with Crippen LogP contribution in [0.2, 0.25) is 0 Å². The highest BCUT2D eigenvalue weighted by Crippen LogP contribution is 2.23. The number of aliphatic hydroxyl groups is 1. The van der Waals surface area contributed by atoms with Crippen LogP contribution in [0, 0.1) is 5.92 Å². The van der Waals surface area contributed by atoms with Gasteiger partial charge in [0.05, 0.1) is 6.10 Å². The van der Waals surface area contributed by atoms with Gasteiger partial charge >= 0.3 is 0 Å². The normalized spacial score (nSPS) is 29.2. The third-order valence-corrected chi connectivity index (χ3v) is 2.20. The first-order valence-electron chi connectivity index (χ1n) is 4.30. The summed E-state index contributed by atoms with van der Waals surface area (Å²) in [6.45, 7) is 3.66. The average Bonchev–Trinajstić information content (AvgIpc) is 2.37. The summed E-state index contributed by atoms with van der Waals surface area (Å²) in [5.41, 5.74) is 0. The van der Waals surface area contributed by atoms with E-state index in [0.29, 0.717) is 5.92 Å². The Labute approximate surface area is 68.4 Å². The minimum Gasteiger partial charge on any atom is -0.392 e. The lowest BCUT2D eigenvalue weighted by Gasteiger charge is -2.12. The van der Waals surface area contributed by atoms with Gasteiger partial charge in [0, 0.05) is 5.92 Å². The Morgan fingerprint density at radius 3 is 3.00 bits per heavy atom. The van der Waals surface area contributed by atoms with Crippen molar-refractivity contribution in [1.82, 2.24) is 0 Å². The van der Waals surface area contributed by atoms with E-state index in [4.69, 9.17) is 0 Å². The first-order valence-corrected chi connectivity index (χ1v) is 4.30. The van der Waals surface area contributed by atoms with Crippen LogP contribution >= 0.6 is 0 Å². The van der Waals surface area contributed by atoms with Crippen LogP contribution in [0.25, 0.3) is 0 Å². The monoisotopic (exact) mass is 152 g/mol. The van der Waals surface area contributed by atoms with Gasteiger partial charge in [0.1, 0.15) is 0 Å². The van der Waals surface area contributed by atoms with Crippen molar-refractivity contribution in [3.8, 4) is 0 Å². The molecule has 1 aliphatic carbocycles. The Morgan fingerprint density at radius 1 is 1.64 bits per heavy atom. The maximum Gasteiger partial charge on any atom is 0.0637 e. The Morgan fingerprint density at radius 2 is 2.45 bits per heavy atom. The first-order chi connectivity index (χ1) is 5.34. The van der Waals surface area contributed by atoms with Gasteiger partial charge in [0.2, 0.25) is 0 Å². The zero-order chi connectivity index (χ0) is 8.10. The summed E-state index contributed by atoms with van der Waals surface area (Å²) in [7, 11) is 0. The summed E-state index contributed by atoms with van der Waals surface area (Å²) < 4.78 is 0. The lowest BCUT2D eigenvalue weighted by molar-refractivity contribution is 0.138. The molecule has 0 bridgehead atoms. The summed E-state index contributed by atoms with van der Waals surface area (Å²) in [5.74, 6) is 0.412. The molecule has 1 rings (SSSR count). The maximum absolute atomic E-state index is 9.40. The standard InChI is InChI=1S/C10H16O/c1-2-3-4-6-9-7-5-8-10(9)11/h2,5,7,9-11H,1,3-4,6,8H2/t9-,10-/m1/s1. The average molecular weight is 152 g/mol. The molecular formula is C10H16O. The molecule has 0 fully saturated rings. The molecule has 11 heavy (non-hydrogen) atoms. The Bertz CT molecular complexity index is 149. The molecule has 0 saturated carbocycles. The van der Waals surface area contributed by atoms with E-state index in [-0.39, 0.29) is 6.10 Å². The van der Waals surface area contributed by atoms with E-state index >= 15 is 0 Å². The second kappa shape index (κ2) is 4.35. The molecule has 62 valence electrons. The molecule has 0 saturated heterocycles. The molecule has 1 heteroatoms. The summed E-state index contributed by atoms with van der Waals surface area (Å²) in [6, 6.07) is 0. The molecule has 1 nitrogen and oxygen atoms in total. The maximum atomic E-state index is 9.40. The van der Waals surface area contributed by atoms with Crippen LogP contribution in [0.3, 0.4) is 0 Å². The highest BCUT2D eigenvalue weighted by molar-refractivity contribution is 5.01. The third kappa shape index (κ3) is 2.51. The van der Waals surface area contributed by atoms with Crippen LogP contribution in [0.15, 0.2) is 24.8 Å². The van der Waals surface area contributed by atoms with Crippen LogP contribution in [0.5, 0.6) is 0 Å². The topological polar surface area (TPSA) is 20.2 Å². The van der Waals surface area contributed by atoms with Gasteiger partial charge in [-0.25, -0.2) is 0 Å². The highest BCUT2D eigenvalue weighted by atomic mass is 16.3. The molecule has 0 radical (unpaired) electrons. The summed E-state index contributed by atoms with van der Waals surface area (Å²) in [4.78, 5) is 0. The number of hydrogen-bond acceptors (Lipinski definition) is 1. The van der Waals surface area contributed by atoms with Crippen molar-refractivity contribution in [2.24, 2.45) is 5.92 Å². The van der Waals surface area contributed by atoms with E-state index in [1.54, 1.807) is 0 Å². The molecule has 1 N–H and O–H groups in total. The van der Waals surface area contributed by atoms with Crippen LogP contribution in [-0.4, -0.2) is 11.2 Å². The minimum absolute atomic E-state index is 0.111. The molecule has 1 aliphatic rings. The molecule has 0 aliphatic heterocycles. The molecule has 0 aromatic carbocycles. The van der Waals surface area contributed by atoms with Crippen molar-refractivity contribution < 1.29 is 5.11 Å². The minimum atomic E-state index is -0.111. The number of unbranched alkanes of at least 4 members (excludes halogenated alkanes) is 1. The van der Waals surface area contributed by atoms with Crippen molar-refractivity contribution in [3.63, 3.8) is 0 Å². The zero-order valence-electron chi connectivity index (χ0n) is 6.87. The molecule has 0 aromatic rings. The van der Waals surface area contributed by atoms with Crippen LogP contribution in [-0.2, 0) is 0 Å². The molecule has 0 heterocycles. The van der Waals surface area contributed by atoms with Crippen molar-refractivity contribution >= 4 is 0 Å². The summed E-state index contributed by atoms with van der Waals surface area (Å²) in [6.07, 6.45) is 10.2. The van der Waals surface area contributed by atoms with Crippen molar-refractivity contribution in [2.75, 3.05) is 0 Å². The van der Waals surface area contributed by atoms with Crippen LogP contribution < -0.4 is 0 Å². The fourth-order valence-electron chi connectivity index (χ4n) is 1.48. The van der Waals surface area contributed by atoms with Crippen molar-refractivity contribution in [3.05, 3.63) is 24.8 Å². The van der Waals surface area contributed by atoms with Gasteiger partial charge in [-0.05, 0) is 25.7 Å². The summed E-state index contributed by atoms with van der Waals surface area (Å²) >= 11 is 0. The first kappa shape index (κ1) is 8.54. The number of rotatable bonds is 4. The molecule has 0 amide bonds. The zero-order valence-corrected chi connectivity index (χ0v) is 6.87. The van der Waals surface area contributed by atoms with Gasteiger partial charge in [0.25, 0.3) is 0 Å². The second-order valence-electron chi connectivity index (χ2n) is 3.11. The largest absolute Gasteiger partial charge is 0.392 e. The predicted octanol–water partition coefficient (Wildman–Crippen LogP) is 2.28. The Hall–Kier alpha value is -0.560. The quantitative estimate of drug-likeness (QED) is 0.484. The Kier molecular flexibility index (Phi) is 3.37. The van der Waals surface area contributed by atoms with Gasteiger partial charge in [-0.3, -0.25) is 0 Å². The SMILES string of the molecule is C=CCCC[C@@H]1C=CC[C@H]1O. The van der Waals surface area contributed by atoms with Gasteiger partial charge < -0.3 is 5.11 Å². The van der Waals surface area contributed by atoms with E-state index in [1.165, 1.54) is 0 Å². The fraction of sp³-hybridized carbons (Fsp3) is 0.600. The second-order valence-corrected chi connectivity index (χ2v) is 3.11. The Balaban J connectivity index is 2.15. The van der Waals surface area contributed by atoms with Gasteiger partial charge in [-0.15, -0.1) is 6.58 Å². The van der Waals surface area contributed by atoms with Crippen LogP contribution in [0.1, 0.15) is 25.7 Å². The molecule has 0 aromatic heterocycles. The number of aliphatic hydroxyl groups excluding tert-OH is 1. The van der Waals surface area contributed by atoms with E-state index in [0.717, 1.165) is 25.7 Å². The van der Waals surface area contributed by atoms with E-state index in [1.807, 2.05) is 6.08 Å². The third-order valence-electron chi connectivity index (χ3n) is 2.20. The van der Waals surface area contributed by atoms with E-state index in [2.05, 4.69) is 18.7 Å². The lowest BCUT2D eigenvalue weighted by Crippen LogP contribution is -2.12. The fourth-order valence-corrected chi connectivity index (χ4v) is 1.48. The number of allylic oxidation sites excluding steroid dienone is 1. The highest BCUT2D eigenvalue weighted by Gasteiger charge is 2.18. The van der Waals surface area contributed by atoms with Gasteiger partial charge in [0.15, 0.2) is 0 Å². The van der Waals surface area contributed by atoms with Gasteiger partial charge in [-0.1, -0.05) is 18.2 Å². The van der Waals surface area contributed by atoms with Crippen molar-refractivity contribution in [2.45, 2.75) is 31.8 Å². The molecular weight excluding hydrogens is 136 g/mol. The van der Waals surface area contributed by atoms with Crippen molar-refractivity contribution in [1.29, 1.82) is 0 Å². The van der Waals surface area contributed by atoms with E-state index in [9.17, 15) is 5.11 Å². The predicted molar refractivity (Wildman–Crippen MR) is 47.3 cm³/mol. The summed E-state index contributed by atoms with van der Waals surface area (Å²) in [5, 5.41) is 9.40. The number of hydrogen-bond donors (Lipinski definition) is 1.